The standard InChI is InChI=1S/C22H26N4O2/c1-16-6-4-7-19(18(16)3)24-10-12-25(13-11-24)21(27)15-28-20-8-5-9-26-14-17(2)23-22(20)26/h4-9,14H,10-13,15H2,1-3H3. The predicted molar refractivity (Wildman–Crippen MR) is 110 cm³/mol. The molecule has 146 valence electrons. The van der Waals surface area contributed by atoms with Gasteiger partial charge in [0.2, 0.25) is 0 Å². The zero-order valence-corrected chi connectivity index (χ0v) is 16.7. The topological polar surface area (TPSA) is 50.1 Å². The molecule has 6 heteroatoms. The van der Waals surface area contributed by atoms with Crippen LogP contribution in [-0.2, 0) is 4.79 Å². The molecule has 0 atom stereocenters. The average molecular weight is 378 g/mol. The number of carbonyl (C=O) groups is 1. The van der Waals surface area contributed by atoms with Crippen molar-refractivity contribution < 1.29 is 9.53 Å². The highest BCUT2D eigenvalue weighted by Crippen LogP contribution is 2.24. The summed E-state index contributed by atoms with van der Waals surface area (Å²) in [5, 5.41) is 0. The van der Waals surface area contributed by atoms with Gasteiger partial charge in [-0.2, -0.15) is 0 Å². The van der Waals surface area contributed by atoms with Gasteiger partial charge in [-0.05, 0) is 50.1 Å². The molecule has 28 heavy (non-hydrogen) atoms. The fourth-order valence-electron chi connectivity index (χ4n) is 3.73. The summed E-state index contributed by atoms with van der Waals surface area (Å²) >= 11 is 0. The van der Waals surface area contributed by atoms with Gasteiger partial charge < -0.3 is 18.9 Å². The Labute approximate surface area is 165 Å². The Bertz CT molecular complexity index is 1000. The van der Waals surface area contributed by atoms with Crippen molar-refractivity contribution in [2.24, 2.45) is 0 Å². The summed E-state index contributed by atoms with van der Waals surface area (Å²) in [5.74, 6) is 0.656. The molecular weight excluding hydrogens is 352 g/mol. The van der Waals surface area contributed by atoms with Crippen molar-refractivity contribution in [1.82, 2.24) is 14.3 Å². The lowest BCUT2D eigenvalue weighted by Crippen LogP contribution is -2.50. The molecule has 1 aromatic carbocycles. The number of rotatable bonds is 4. The number of benzene rings is 1. The lowest BCUT2D eigenvalue weighted by Gasteiger charge is -2.37. The van der Waals surface area contributed by atoms with Gasteiger partial charge >= 0.3 is 0 Å². The average Bonchev–Trinajstić information content (AvgIpc) is 3.09. The number of amides is 1. The number of imidazole rings is 1. The van der Waals surface area contributed by atoms with Gasteiger partial charge in [-0.15, -0.1) is 0 Å². The van der Waals surface area contributed by atoms with Gasteiger partial charge in [0.15, 0.2) is 18.0 Å². The molecule has 1 saturated heterocycles. The van der Waals surface area contributed by atoms with E-state index < -0.39 is 0 Å². The number of aryl methyl sites for hydroxylation is 2. The fourth-order valence-corrected chi connectivity index (χ4v) is 3.73. The predicted octanol–water partition coefficient (Wildman–Crippen LogP) is 2.99. The van der Waals surface area contributed by atoms with Crippen molar-refractivity contribution in [2.45, 2.75) is 20.8 Å². The van der Waals surface area contributed by atoms with Crippen molar-refractivity contribution in [3.05, 3.63) is 59.5 Å². The van der Waals surface area contributed by atoms with Gasteiger partial charge in [-0.25, -0.2) is 4.98 Å². The van der Waals surface area contributed by atoms with Crippen molar-refractivity contribution in [3.63, 3.8) is 0 Å². The Hall–Kier alpha value is -3.02. The first-order chi connectivity index (χ1) is 13.5. The number of carbonyl (C=O) groups excluding carboxylic acids is 1. The lowest BCUT2D eigenvalue weighted by atomic mass is 10.1. The summed E-state index contributed by atoms with van der Waals surface area (Å²) in [6.45, 7) is 9.37. The highest BCUT2D eigenvalue weighted by Gasteiger charge is 2.23. The maximum atomic E-state index is 12.6. The van der Waals surface area contributed by atoms with Crippen molar-refractivity contribution >= 4 is 17.2 Å². The molecule has 0 radical (unpaired) electrons. The molecule has 0 unspecified atom stereocenters. The molecule has 6 nitrogen and oxygen atoms in total. The van der Waals surface area contributed by atoms with Crippen LogP contribution in [0.15, 0.2) is 42.7 Å². The largest absolute Gasteiger partial charge is 0.480 e. The first kappa shape index (κ1) is 18.3. The number of hydrogen-bond donors (Lipinski definition) is 0. The first-order valence-electron chi connectivity index (χ1n) is 9.69. The lowest BCUT2D eigenvalue weighted by molar-refractivity contribution is -0.133. The highest BCUT2D eigenvalue weighted by molar-refractivity contribution is 5.78. The summed E-state index contributed by atoms with van der Waals surface area (Å²) < 4.78 is 7.72. The van der Waals surface area contributed by atoms with Crippen LogP contribution in [0.2, 0.25) is 0 Å². The second-order valence-corrected chi connectivity index (χ2v) is 7.36. The van der Waals surface area contributed by atoms with Gasteiger partial charge in [0.1, 0.15) is 0 Å². The van der Waals surface area contributed by atoms with E-state index in [4.69, 9.17) is 4.74 Å². The number of fused-ring (bicyclic) bond motifs is 1. The zero-order valence-electron chi connectivity index (χ0n) is 16.7. The number of ether oxygens (including phenoxy) is 1. The van der Waals surface area contributed by atoms with Gasteiger partial charge in [-0.3, -0.25) is 4.79 Å². The van der Waals surface area contributed by atoms with Crippen LogP contribution in [-0.4, -0.2) is 53.0 Å². The highest BCUT2D eigenvalue weighted by atomic mass is 16.5. The van der Waals surface area contributed by atoms with Gasteiger partial charge in [0, 0.05) is 44.3 Å². The van der Waals surface area contributed by atoms with Gasteiger partial charge in [-0.1, -0.05) is 12.1 Å². The third-order valence-electron chi connectivity index (χ3n) is 5.47. The molecule has 0 aliphatic carbocycles. The van der Waals surface area contributed by atoms with E-state index in [1.807, 2.05) is 40.8 Å². The number of aromatic nitrogens is 2. The maximum absolute atomic E-state index is 12.6. The normalized spacial score (nSPS) is 14.5. The molecule has 0 bridgehead atoms. The molecule has 1 fully saturated rings. The van der Waals surface area contributed by atoms with E-state index in [9.17, 15) is 4.79 Å². The van der Waals surface area contributed by atoms with Gasteiger partial charge in [0.05, 0.1) is 5.69 Å². The number of pyridine rings is 1. The summed E-state index contributed by atoms with van der Waals surface area (Å²) in [6, 6.07) is 10.2. The number of piperazine rings is 1. The Kier molecular flexibility index (Phi) is 4.94. The van der Waals surface area contributed by atoms with E-state index in [-0.39, 0.29) is 12.5 Å². The Morgan fingerprint density at radius 1 is 1.07 bits per heavy atom. The van der Waals surface area contributed by atoms with E-state index in [1.165, 1.54) is 16.8 Å². The third-order valence-corrected chi connectivity index (χ3v) is 5.47. The number of anilines is 1. The summed E-state index contributed by atoms with van der Waals surface area (Å²) in [6.07, 6.45) is 3.87. The van der Waals surface area contributed by atoms with Crippen molar-refractivity contribution in [1.29, 1.82) is 0 Å². The zero-order chi connectivity index (χ0) is 19.7. The maximum Gasteiger partial charge on any atom is 0.260 e. The van der Waals surface area contributed by atoms with Crippen LogP contribution in [0.25, 0.3) is 5.65 Å². The first-order valence-corrected chi connectivity index (χ1v) is 9.69. The van der Waals surface area contributed by atoms with Crippen molar-refractivity contribution in [2.75, 3.05) is 37.7 Å². The van der Waals surface area contributed by atoms with Crippen LogP contribution in [0.5, 0.6) is 5.75 Å². The second kappa shape index (κ2) is 7.54. The molecule has 3 aromatic rings. The molecule has 0 N–H and O–H groups in total. The smallest absolute Gasteiger partial charge is 0.260 e. The minimum atomic E-state index is 0.0193. The summed E-state index contributed by atoms with van der Waals surface area (Å²) in [7, 11) is 0. The van der Waals surface area contributed by atoms with E-state index in [1.54, 1.807) is 0 Å². The summed E-state index contributed by atoms with van der Waals surface area (Å²) in [5.41, 5.74) is 5.55. The van der Waals surface area contributed by atoms with Crippen LogP contribution in [0.3, 0.4) is 0 Å². The van der Waals surface area contributed by atoms with Crippen LogP contribution in [0.1, 0.15) is 16.8 Å². The van der Waals surface area contributed by atoms with E-state index in [2.05, 4.69) is 41.9 Å². The van der Waals surface area contributed by atoms with Crippen molar-refractivity contribution in [3.8, 4) is 5.75 Å². The van der Waals surface area contributed by atoms with E-state index in [0.29, 0.717) is 18.8 Å². The molecule has 1 aliphatic rings. The van der Waals surface area contributed by atoms with Crippen LogP contribution in [0, 0.1) is 20.8 Å². The monoisotopic (exact) mass is 378 g/mol. The van der Waals surface area contributed by atoms with E-state index >= 15 is 0 Å². The minimum Gasteiger partial charge on any atom is -0.480 e. The number of nitrogens with zero attached hydrogens (tertiary/aromatic N) is 4. The molecule has 4 rings (SSSR count). The van der Waals surface area contributed by atoms with Gasteiger partial charge in [0.25, 0.3) is 5.91 Å². The van der Waals surface area contributed by atoms with E-state index in [0.717, 1.165) is 24.4 Å². The number of hydrogen-bond acceptors (Lipinski definition) is 4. The molecule has 1 amide bonds. The molecule has 0 saturated carbocycles. The summed E-state index contributed by atoms with van der Waals surface area (Å²) in [4.78, 5) is 21.4. The fraction of sp³-hybridized carbons (Fsp3) is 0.364. The molecule has 0 spiro atoms. The Morgan fingerprint density at radius 3 is 2.64 bits per heavy atom. The SMILES string of the molecule is Cc1cn2cccc(OCC(=O)N3CCN(c4cccc(C)c4C)CC3)c2n1. The molecule has 2 aromatic heterocycles. The Balaban J connectivity index is 1.36. The third kappa shape index (κ3) is 3.54. The van der Waals surface area contributed by atoms with Crippen LogP contribution >= 0.6 is 0 Å². The van der Waals surface area contributed by atoms with Crippen LogP contribution < -0.4 is 9.64 Å². The Morgan fingerprint density at radius 2 is 1.86 bits per heavy atom. The molecule has 3 heterocycles. The minimum absolute atomic E-state index is 0.0193. The molecule has 1 aliphatic heterocycles. The van der Waals surface area contributed by atoms with Crippen LogP contribution in [0.4, 0.5) is 5.69 Å². The molecular formula is C22H26N4O2. The quantitative estimate of drug-likeness (QED) is 0.700. The second-order valence-electron chi connectivity index (χ2n) is 7.36.